The van der Waals surface area contributed by atoms with E-state index in [2.05, 4.69) is 47.6 Å². The highest BCUT2D eigenvalue weighted by atomic mass is 32.2. The van der Waals surface area contributed by atoms with E-state index < -0.39 is 10.0 Å². The molecule has 0 radical (unpaired) electrons. The van der Waals surface area contributed by atoms with Crippen molar-refractivity contribution < 1.29 is 13.2 Å². The molecule has 2 aromatic carbocycles. The Hall–Kier alpha value is -3.10. The first kappa shape index (κ1) is 21.1. The molecule has 6 nitrogen and oxygen atoms in total. The molecule has 0 aliphatic heterocycles. The number of sulfonamides is 1. The van der Waals surface area contributed by atoms with Crippen LogP contribution in [0.3, 0.4) is 0 Å². The summed E-state index contributed by atoms with van der Waals surface area (Å²) in [5.74, 6) is -0.301. The van der Waals surface area contributed by atoms with Crippen LogP contribution in [0.15, 0.2) is 64.2 Å². The molecule has 8 heteroatoms. The fourth-order valence-electron chi connectivity index (χ4n) is 3.67. The van der Waals surface area contributed by atoms with Gasteiger partial charge in [-0.15, -0.1) is 11.3 Å². The molecule has 1 aliphatic carbocycles. The van der Waals surface area contributed by atoms with Gasteiger partial charge < -0.3 is 0 Å². The lowest BCUT2D eigenvalue weighted by atomic mass is 9.89. The van der Waals surface area contributed by atoms with E-state index in [9.17, 15) is 13.2 Å². The number of aryl methyl sites for hydroxylation is 2. The second-order valence-corrected chi connectivity index (χ2v) is 10.3. The van der Waals surface area contributed by atoms with Gasteiger partial charge in [-0.2, -0.15) is 0 Å². The van der Waals surface area contributed by atoms with Crippen molar-refractivity contribution in [3.05, 3.63) is 87.8 Å². The van der Waals surface area contributed by atoms with Gasteiger partial charge in [0.1, 0.15) is 4.21 Å². The number of thiophene rings is 1. The number of anilines is 1. The van der Waals surface area contributed by atoms with Crippen LogP contribution < -0.4 is 15.6 Å². The Morgan fingerprint density at radius 1 is 1.06 bits per heavy atom. The number of hydrazine groups is 1. The molecular formula is C23H23N3O3S2. The van der Waals surface area contributed by atoms with E-state index in [1.165, 1.54) is 16.7 Å². The molecule has 0 saturated carbocycles. The van der Waals surface area contributed by atoms with E-state index in [1.807, 2.05) is 0 Å². The zero-order chi connectivity index (χ0) is 22.0. The van der Waals surface area contributed by atoms with Crippen molar-refractivity contribution in [1.82, 2.24) is 10.9 Å². The first-order valence-electron chi connectivity index (χ1n) is 9.87. The lowest BCUT2D eigenvalue weighted by Crippen LogP contribution is -2.36. The van der Waals surface area contributed by atoms with E-state index in [1.54, 1.807) is 41.8 Å². The zero-order valence-electron chi connectivity index (χ0n) is 17.2. The summed E-state index contributed by atoms with van der Waals surface area (Å²) in [7, 11) is -3.62. The number of hydrogen-bond acceptors (Lipinski definition) is 5. The topological polar surface area (TPSA) is 87.3 Å². The number of amides is 1. The summed E-state index contributed by atoms with van der Waals surface area (Å²) in [6.45, 7) is 4.17. The molecule has 31 heavy (non-hydrogen) atoms. The average Bonchev–Trinajstić information content (AvgIpc) is 3.28. The van der Waals surface area contributed by atoms with Crippen LogP contribution in [0.5, 0.6) is 0 Å². The van der Waals surface area contributed by atoms with Gasteiger partial charge in [0.25, 0.3) is 15.9 Å². The predicted octanol–water partition coefficient (Wildman–Crippen LogP) is 4.39. The Balaban J connectivity index is 1.42. The van der Waals surface area contributed by atoms with Crippen molar-refractivity contribution in [3.8, 4) is 0 Å². The fourth-order valence-corrected chi connectivity index (χ4v) is 5.72. The quantitative estimate of drug-likeness (QED) is 0.483. The lowest BCUT2D eigenvalue weighted by Gasteiger charge is -2.22. The van der Waals surface area contributed by atoms with Crippen molar-refractivity contribution in [2.75, 3.05) is 4.72 Å². The van der Waals surface area contributed by atoms with Gasteiger partial charge in [0.15, 0.2) is 0 Å². The third-order valence-electron chi connectivity index (χ3n) is 5.12. The van der Waals surface area contributed by atoms with Crippen molar-refractivity contribution >= 4 is 38.7 Å². The molecule has 3 aromatic rings. The summed E-state index contributed by atoms with van der Waals surface area (Å²) in [6, 6.07) is 13.8. The van der Waals surface area contributed by atoms with Crippen LogP contribution in [0, 0.1) is 13.8 Å². The number of carbonyl (C=O) groups is 1. The second-order valence-electron chi connectivity index (χ2n) is 7.46. The Morgan fingerprint density at radius 3 is 2.55 bits per heavy atom. The normalized spacial score (nSPS) is 13.2. The SMILES string of the molecule is Cc1cc(C)c2c(c1)C(NNC(=O)c1ccc(NS(=O)(=O)c3cccs3)cc1)=CCC2. The molecule has 0 spiro atoms. The molecule has 1 aliphatic rings. The Kier molecular flexibility index (Phi) is 5.84. The second kappa shape index (κ2) is 8.56. The van der Waals surface area contributed by atoms with Gasteiger partial charge in [-0.25, -0.2) is 8.42 Å². The first-order chi connectivity index (χ1) is 14.8. The standard InChI is InChI=1S/C23H23N3O3S2/c1-15-13-16(2)19-5-3-6-21(20(19)14-15)24-25-23(27)17-8-10-18(11-9-17)26-31(28,29)22-7-4-12-30-22/h4,6-14,24,26H,3,5H2,1-2H3,(H,25,27). The van der Waals surface area contributed by atoms with Gasteiger partial charge >= 0.3 is 0 Å². The van der Waals surface area contributed by atoms with Crippen LogP contribution in [0.4, 0.5) is 5.69 Å². The minimum Gasteiger partial charge on any atom is -0.298 e. The summed E-state index contributed by atoms with van der Waals surface area (Å²) < 4.78 is 27.4. The molecule has 1 amide bonds. The lowest BCUT2D eigenvalue weighted by molar-refractivity contribution is 0.0942. The smallest absolute Gasteiger partial charge is 0.271 e. The third kappa shape index (κ3) is 4.65. The van der Waals surface area contributed by atoms with Crippen LogP contribution in [0.2, 0.25) is 0 Å². The molecular weight excluding hydrogens is 430 g/mol. The number of nitrogens with one attached hydrogen (secondary N) is 3. The van der Waals surface area contributed by atoms with Crippen molar-refractivity contribution in [2.24, 2.45) is 0 Å². The highest BCUT2D eigenvalue weighted by molar-refractivity contribution is 7.94. The fraction of sp³-hybridized carbons (Fsp3) is 0.174. The number of carbonyl (C=O) groups excluding carboxylic acids is 1. The van der Waals surface area contributed by atoms with E-state index in [0.29, 0.717) is 11.3 Å². The Bertz CT molecular complexity index is 1250. The maximum Gasteiger partial charge on any atom is 0.271 e. The number of fused-ring (bicyclic) bond motifs is 1. The van der Waals surface area contributed by atoms with Crippen LogP contribution in [0.25, 0.3) is 5.70 Å². The maximum atomic E-state index is 12.6. The minimum absolute atomic E-state index is 0.241. The molecule has 160 valence electrons. The van der Waals surface area contributed by atoms with E-state index in [-0.39, 0.29) is 10.1 Å². The number of hydrogen-bond donors (Lipinski definition) is 3. The van der Waals surface area contributed by atoms with Gasteiger partial charge in [0, 0.05) is 16.8 Å². The van der Waals surface area contributed by atoms with Crippen molar-refractivity contribution in [1.29, 1.82) is 0 Å². The van der Waals surface area contributed by atoms with Gasteiger partial charge in [0.2, 0.25) is 0 Å². The molecule has 0 bridgehead atoms. The molecule has 0 fully saturated rings. The summed E-state index contributed by atoms with van der Waals surface area (Å²) in [5.41, 5.74) is 12.4. The average molecular weight is 454 g/mol. The molecule has 1 heterocycles. The molecule has 4 rings (SSSR count). The molecule has 0 unspecified atom stereocenters. The summed E-state index contributed by atoms with van der Waals surface area (Å²) in [4.78, 5) is 12.6. The minimum atomic E-state index is -3.62. The van der Waals surface area contributed by atoms with Gasteiger partial charge in [-0.05, 0) is 79.6 Å². The largest absolute Gasteiger partial charge is 0.298 e. The first-order valence-corrected chi connectivity index (χ1v) is 12.2. The highest BCUT2D eigenvalue weighted by Gasteiger charge is 2.17. The number of benzene rings is 2. The molecule has 0 atom stereocenters. The molecule has 1 aromatic heterocycles. The van der Waals surface area contributed by atoms with Crippen LogP contribution in [-0.2, 0) is 16.4 Å². The summed E-state index contributed by atoms with van der Waals surface area (Å²) >= 11 is 1.15. The molecule has 3 N–H and O–H groups in total. The Labute approximate surface area is 186 Å². The van der Waals surface area contributed by atoms with E-state index in [0.717, 1.165) is 35.4 Å². The zero-order valence-corrected chi connectivity index (χ0v) is 18.9. The van der Waals surface area contributed by atoms with Gasteiger partial charge in [-0.1, -0.05) is 23.8 Å². The van der Waals surface area contributed by atoms with Crippen LogP contribution >= 0.6 is 11.3 Å². The number of allylic oxidation sites excluding steroid dienone is 1. The van der Waals surface area contributed by atoms with Crippen LogP contribution in [0.1, 0.15) is 39.0 Å². The highest BCUT2D eigenvalue weighted by Crippen LogP contribution is 2.28. The van der Waals surface area contributed by atoms with Gasteiger partial charge in [0.05, 0.1) is 5.70 Å². The van der Waals surface area contributed by atoms with Crippen molar-refractivity contribution in [3.63, 3.8) is 0 Å². The summed E-state index contributed by atoms with van der Waals surface area (Å²) in [6.07, 6.45) is 3.99. The molecule has 0 saturated heterocycles. The van der Waals surface area contributed by atoms with E-state index >= 15 is 0 Å². The van der Waals surface area contributed by atoms with Crippen LogP contribution in [-0.4, -0.2) is 14.3 Å². The monoisotopic (exact) mass is 453 g/mol. The Morgan fingerprint density at radius 2 is 1.84 bits per heavy atom. The van der Waals surface area contributed by atoms with Gasteiger partial charge in [-0.3, -0.25) is 20.4 Å². The van der Waals surface area contributed by atoms with E-state index in [4.69, 9.17) is 0 Å². The number of rotatable bonds is 6. The van der Waals surface area contributed by atoms with Crippen molar-refractivity contribution in [2.45, 2.75) is 30.9 Å². The third-order valence-corrected chi connectivity index (χ3v) is 7.90. The predicted molar refractivity (Wildman–Crippen MR) is 124 cm³/mol. The maximum absolute atomic E-state index is 12.6. The summed E-state index contributed by atoms with van der Waals surface area (Å²) in [5, 5.41) is 1.71.